The number of para-hydroxylation sites is 1. The van der Waals surface area contributed by atoms with E-state index >= 15 is 0 Å². The zero-order valence-electron chi connectivity index (χ0n) is 17.5. The van der Waals surface area contributed by atoms with E-state index in [2.05, 4.69) is 15.5 Å². The highest BCUT2D eigenvalue weighted by molar-refractivity contribution is 6.31. The van der Waals surface area contributed by atoms with E-state index in [0.717, 1.165) is 16.8 Å². The number of allylic oxidation sites excluding steroid dienone is 1. The molecule has 1 aliphatic rings. The van der Waals surface area contributed by atoms with Gasteiger partial charge >= 0.3 is 6.03 Å². The van der Waals surface area contributed by atoms with Gasteiger partial charge in [-0.05, 0) is 48.9 Å². The van der Waals surface area contributed by atoms with E-state index in [9.17, 15) is 4.79 Å². The Labute approximate surface area is 200 Å². The number of benzene rings is 3. The first-order chi connectivity index (χ1) is 16.0. The number of hydrogen-bond acceptors (Lipinski definition) is 4. The molecule has 0 aliphatic carbocycles. The number of rotatable bonds is 4. The van der Waals surface area contributed by atoms with Gasteiger partial charge in [-0.2, -0.15) is 4.98 Å². The summed E-state index contributed by atoms with van der Waals surface area (Å²) in [5.74, 6) is 0.703. The first kappa shape index (κ1) is 21.2. The molecule has 8 heteroatoms. The van der Waals surface area contributed by atoms with E-state index in [0.29, 0.717) is 33.0 Å². The van der Waals surface area contributed by atoms with Crippen molar-refractivity contribution in [3.05, 3.63) is 106 Å². The summed E-state index contributed by atoms with van der Waals surface area (Å²) < 4.78 is 5.70. The molecule has 1 aromatic heterocycles. The molecule has 1 N–H and O–H groups in total. The number of aromatic nitrogens is 2. The number of amides is 2. The molecule has 1 atom stereocenters. The van der Waals surface area contributed by atoms with E-state index in [1.807, 2.05) is 67.6 Å². The van der Waals surface area contributed by atoms with Crippen molar-refractivity contribution in [3.8, 4) is 11.4 Å². The van der Waals surface area contributed by atoms with Crippen LogP contribution in [0.3, 0.4) is 0 Å². The Kier molecular flexibility index (Phi) is 5.62. The lowest BCUT2D eigenvalue weighted by atomic mass is 9.94. The van der Waals surface area contributed by atoms with Gasteiger partial charge in [0.2, 0.25) is 5.82 Å². The molecule has 4 aromatic rings. The third-order valence-corrected chi connectivity index (χ3v) is 5.89. The lowest BCUT2D eigenvalue weighted by Crippen LogP contribution is -2.46. The Morgan fingerprint density at radius 1 is 0.939 bits per heavy atom. The van der Waals surface area contributed by atoms with Crippen molar-refractivity contribution in [2.45, 2.75) is 13.0 Å². The molecule has 0 radical (unpaired) electrons. The molecule has 33 heavy (non-hydrogen) atoms. The number of urea groups is 1. The predicted molar refractivity (Wildman–Crippen MR) is 129 cm³/mol. The summed E-state index contributed by atoms with van der Waals surface area (Å²) in [6.07, 6.45) is 0. The van der Waals surface area contributed by atoms with Crippen LogP contribution in [0.5, 0.6) is 0 Å². The summed E-state index contributed by atoms with van der Waals surface area (Å²) in [7, 11) is 0. The summed E-state index contributed by atoms with van der Waals surface area (Å²) >= 11 is 12.4. The maximum Gasteiger partial charge on any atom is 0.326 e. The summed E-state index contributed by atoms with van der Waals surface area (Å²) in [4.78, 5) is 19.4. The smallest absolute Gasteiger partial charge is 0.326 e. The molecule has 2 amide bonds. The second-order valence-corrected chi connectivity index (χ2v) is 8.41. The number of nitrogens with one attached hydrogen (secondary N) is 1. The molecule has 1 aliphatic heterocycles. The van der Waals surface area contributed by atoms with Gasteiger partial charge in [-0.15, -0.1) is 0 Å². The third-order valence-electron chi connectivity index (χ3n) is 5.42. The molecular weight excluding hydrogens is 459 g/mol. The maximum atomic E-state index is 13.2. The van der Waals surface area contributed by atoms with E-state index in [1.54, 1.807) is 23.1 Å². The van der Waals surface area contributed by atoms with Gasteiger partial charge in [0.15, 0.2) is 0 Å². The predicted octanol–water partition coefficient (Wildman–Crippen LogP) is 6.75. The van der Waals surface area contributed by atoms with Gasteiger partial charge in [0.05, 0.1) is 17.3 Å². The van der Waals surface area contributed by atoms with E-state index in [1.165, 1.54) is 0 Å². The van der Waals surface area contributed by atoms with Gasteiger partial charge in [0, 0.05) is 21.3 Å². The van der Waals surface area contributed by atoms with Crippen LogP contribution in [0, 0.1) is 0 Å². The van der Waals surface area contributed by atoms with Crippen LogP contribution < -0.4 is 10.2 Å². The average Bonchev–Trinajstić information content (AvgIpc) is 3.29. The van der Waals surface area contributed by atoms with Crippen LogP contribution in [0.15, 0.2) is 89.1 Å². The first-order valence-corrected chi connectivity index (χ1v) is 11.0. The van der Waals surface area contributed by atoms with Crippen molar-refractivity contribution in [1.29, 1.82) is 0 Å². The second-order valence-electron chi connectivity index (χ2n) is 7.54. The Hall–Kier alpha value is -3.61. The summed E-state index contributed by atoms with van der Waals surface area (Å²) in [6, 6.07) is 23.2. The van der Waals surface area contributed by atoms with Gasteiger partial charge in [0.1, 0.15) is 0 Å². The molecule has 5 rings (SSSR count). The van der Waals surface area contributed by atoms with Crippen molar-refractivity contribution in [1.82, 2.24) is 15.5 Å². The Morgan fingerprint density at radius 2 is 1.67 bits per heavy atom. The topological polar surface area (TPSA) is 71.3 Å². The minimum Gasteiger partial charge on any atom is -0.334 e. The van der Waals surface area contributed by atoms with Gasteiger partial charge in [-0.1, -0.05) is 70.8 Å². The standard InChI is InChI=1S/C25H18Cl2N4O2/c1-15-21(24-29-23(30-33-24)17-8-6-10-19(27)14-17)22(16-7-5-9-18(26)13-16)28-25(32)31(15)20-11-3-2-4-12-20/h2-14,22H,1H3,(H,28,32). The highest BCUT2D eigenvalue weighted by Gasteiger charge is 2.36. The number of anilines is 1. The molecular formula is C25H18Cl2N4O2. The van der Waals surface area contributed by atoms with Crippen LogP contribution in [-0.4, -0.2) is 16.2 Å². The Morgan fingerprint density at radius 3 is 2.39 bits per heavy atom. The molecule has 0 saturated heterocycles. The third kappa shape index (κ3) is 4.11. The van der Waals surface area contributed by atoms with Crippen molar-refractivity contribution >= 4 is 40.5 Å². The van der Waals surface area contributed by atoms with Gasteiger partial charge in [-0.25, -0.2) is 4.79 Å². The van der Waals surface area contributed by atoms with Gasteiger partial charge < -0.3 is 9.84 Å². The minimum atomic E-state index is -0.524. The van der Waals surface area contributed by atoms with E-state index in [4.69, 9.17) is 27.7 Å². The fourth-order valence-electron chi connectivity index (χ4n) is 3.92. The number of carbonyl (C=O) groups is 1. The van der Waals surface area contributed by atoms with Crippen molar-refractivity contribution in [3.63, 3.8) is 0 Å². The summed E-state index contributed by atoms with van der Waals surface area (Å²) in [6.45, 7) is 1.86. The Balaban J connectivity index is 1.67. The number of hydrogen-bond donors (Lipinski definition) is 1. The van der Waals surface area contributed by atoms with Crippen LogP contribution >= 0.6 is 23.2 Å². The monoisotopic (exact) mass is 476 g/mol. The first-order valence-electron chi connectivity index (χ1n) is 10.2. The van der Waals surface area contributed by atoms with Gasteiger partial charge in [0.25, 0.3) is 5.89 Å². The normalized spacial score (nSPS) is 16.2. The van der Waals surface area contributed by atoms with Gasteiger partial charge in [-0.3, -0.25) is 4.90 Å². The van der Waals surface area contributed by atoms with Crippen LogP contribution in [0.4, 0.5) is 10.5 Å². The molecule has 0 saturated carbocycles. The number of nitrogens with zero attached hydrogens (tertiary/aromatic N) is 3. The zero-order chi connectivity index (χ0) is 22.9. The van der Waals surface area contributed by atoms with Crippen LogP contribution in [0.2, 0.25) is 10.0 Å². The number of halogens is 2. The van der Waals surface area contributed by atoms with E-state index in [-0.39, 0.29) is 6.03 Å². The lowest BCUT2D eigenvalue weighted by molar-refractivity contribution is 0.244. The van der Waals surface area contributed by atoms with Crippen LogP contribution in [0.1, 0.15) is 24.4 Å². The van der Waals surface area contributed by atoms with Crippen molar-refractivity contribution in [2.24, 2.45) is 0 Å². The highest BCUT2D eigenvalue weighted by atomic mass is 35.5. The van der Waals surface area contributed by atoms with Crippen LogP contribution in [-0.2, 0) is 0 Å². The molecule has 1 unspecified atom stereocenters. The highest BCUT2D eigenvalue weighted by Crippen LogP contribution is 2.39. The fourth-order valence-corrected chi connectivity index (χ4v) is 4.31. The summed E-state index contributed by atoms with van der Waals surface area (Å²) in [5.41, 5.74) is 3.62. The summed E-state index contributed by atoms with van der Waals surface area (Å²) in [5, 5.41) is 8.37. The largest absolute Gasteiger partial charge is 0.334 e. The SMILES string of the molecule is CC1=C(c2nc(-c3cccc(Cl)c3)no2)C(c2cccc(Cl)c2)NC(=O)N1c1ccccc1. The molecule has 164 valence electrons. The minimum absolute atomic E-state index is 0.262. The molecule has 0 bridgehead atoms. The second kappa shape index (κ2) is 8.73. The fraction of sp³-hybridized carbons (Fsp3) is 0.0800. The zero-order valence-corrected chi connectivity index (χ0v) is 19.0. The van der Waals surface area contributed by atoms with Crippen LogP contribution in [0.25, 0.3) is 17.0 Å². The number of carbonyl (C=O) groups excluding carboxylic acids is 1. The molecule has 2 heterocycles. The Bertz CT molecular complexity index is 1370. The lowest BCUT2D eigenvalue weighted by Gasteiger charge is -2.35. The maximum absolute atomic E-state index is 13.2. The molecule has 0 fully saturated rings. The molecule has 3 aromatic carbocycles. The molecule has 6 nitrogen and oxygen atoms in total. The average molecular weight is 477 g/mol. The van der Waals surface area contributed by atoms with E-state index < -0.39 is 6.04 Å². The molecule has 0 spiro atoms. The quantitative estimate of drug-likeness (QED) is 0.353. The van der Waals surface area contributed by atoms with Crippen molar-refractivity contribution < 1.29 is 9.32 Å². The van der Waals surface area contributed by atoms with Crippen molar-refractivity contribution in [2.75, 3.05) is 4.90 Å².